The number of rotatable bonds is 3. The number of hydrogen-bond acceptors (Lipinski definition) is 2. The zero-order valence-electron chi connectivity index (χ0n) is 13.9. The van der Waals surface area contributed by atoms with Gasteiger partial charge in [0.15, 0.2) is 0 Å². The molecule has 0 atom stereocenters. The molecule has 0 aromatic heterocycles. The topological polar surface area (TPSA) is 40.6 Å². The number of nitrogens with zero attached hydrogens (tertiary/aromatic N) is 2. The molecule has 2 aliphatic carbocycles. The quantitative estimate of drug-likeness (QED) is 0.752. The molecular formula is C18H30N2O2. The molecule has 0 bridgehead atoms. The number of hydrogen-bond donors (Lipinski definition) is 0. The van der Waals surface area contributed by atoms with Crippen molar-refractivity contribution < 1.29 is 9.59 Å². The first-order valence-corrected chi connectivity index (χ1v) is 9.22. The lowest BCUT2D eigenvalue weighted by Crippen LogP contribution is -2.46. The molecule has 22 heavy (non-hydrogen) atoms. The fourth-order valence-corrected chi connectivity index (χ4v) is 4.05. The summed E-state index contributed by atoms with van der Waals surface area (Å²) in [5, 5.41) is 0. The second-order valence-electron chi connectivity index (χ2n) is 7.47. The van der Waals surface area contributed by atoms with E-state index in [9.17, 15) is 9.59 Å². The van der Waals surface area contributed by atoms with Gasteiger partial charge in [-0.05, 0) is 38.5 Å². The number of carbonyl (C=O) groups is 2. The van der Waals surface area contributed by atoms with Crippen molar-refractivity contribution in [2.75, 3.05) is 20.1 Å². The van der Waals surface area contributed by atoms with Gasteiger partial charge in [0, 0.05) is 38.0 Å². The summed E-state index contributed by atoms with van der Waals surface area (Å²) in [5.41, 5.74) is 0. The molecule has 0 radical (unpaired) electrons. The van der Waals surface area contributed by atoms with Gasteiger partial charge in [-0.2, -0.15) is 0 Å². The molecule has 1 heterocycles. The minimum absolute atomic E-state index is 0.136. The largest absolute Gasteiger partial charge is 0.343 e. The number of carbonyl (C=O) groups excluding carboxylic acids is 2. The Balaban J connectivity index is 1.49. The molecule has 0 aromatic rings. The van der Waals surface area contributed by atoms with Crippen LogP contribution in [-0.4, -0.2) is 47.8 Å². The van der Waals surface area contributed by atoms with Crippen molar-refractivity contribution in [2.24, 2.45) is 11.8 Å². The highest BCUT2D eigenvalue weighted by atomic mass is 16.2. The van der Waals surface area contributed by atoms with Crippen molar-refractivity contribution in [3.05, 3.63) is 0 Å². The van der Waals surface area contributed by atoms with Crippen molar-refractivity contribution in [2.45, 2.75) is 70.3 Å². The van der Waals surface area contributed by atoms with Crippen LogP contribution in [0, 0.1) is 11.8 Å². The zero-order valence-corrected chi connectivity index (χ0v) is 13.9. The van der Waals surface area contributed by atoms with E-state index < -0.39 is 0 Å². The maximum absolute atomic E-state index is 12.8. The minimum Gasteiger partial charge on any atom is -0.343 e. The van der Waals surface area contributed by atoms with Crippen molar-refractivity contribution in [1.29, 1.82) is 0 Å². The second kappa shape index (κ2) is 7.01. The van der Waals surface area contributed by atoms with Crippen molar-refractivity contribution >= 4 is 11.8 Å². The first-order chi connectivity index (χ1) is 10.7. The molecule has 2 amide bonds. The highest BCUT2D eigenvalue weighted by molar-refractivity contribution is 5.82. The first kappa shape index (κ1) is 15.8. The predicted molar refractivity (Wildman–Crippen MR) is 86.3 cm³/mol. The molecule has 3 aliphatic rings. The van der Waals surface area contributed by atoms with Crippen LogP contribution in [0.15, 0.2) is 0 Å². The maximum Gasteiger partial charge on any atom is 0.225 e. The minimum atomic E-state index is 0.136. The molecule has 1 saturated heterocycles. The fourth-order valence-electron chi connectivity index (χ4n) is 4.05. The molecular weight excluding hydrogens is 276 g/mol. The number of amides is 2. The van der Waals surface area contributed by atoms with Crippen LogP contribution in [0.4, 0.5) is 0 Å². The standard InChI is InChI=1S/C18H30N2O2/c1-19(16-6-4-2-3-5-7-16)17(21)15-10-12-20(13-11-15)18(22)14-8-9-14/h14-16H,2-13H2,1H3. The van der Waals surface area contributed by atoms with Crippen molar-refractivity contribution in [3.63, 3.8) is 0 Å². The van der Waals surface area contributed by atoms with E-state index in [4.69, 9.17) is 0 Å². The van der Waals surface area contributed by atoms with E-state index in [2.05, 4.69) is 0 Å². The SMILES string of the molecule is CN(C(=O)C1CCN(C(=O)C2CC2)CC1)C1CCCCCC1. The van der Waals surface area contributed by atoms with Gasteiger partial charge in [-0.15, -0.1) is 0 Å². The lowest BCUT2D eigenvalue weighted by molar-refractivity contribution is -0.142. The maximum atomic E-state index is 12.8. The molecule has 0 N–H and O–H groups in total. The summed E-state index contributed by atoms with van der Waals surface area (Å²) in [4.78, 5) is 28.9. The van der Waals surface area contributed by atoms with E-state index in [0.717, 1.165) is 38.8 Å². The van der Waals surface area contributed by atoms with Gasteiger partial charge in [0.1, 0.15) is 0 Å². The molecule has 4 heteroatoms. The average molecular weight is 306 g/mol. The zero-order chi connectivity index (χ0) is 15.5. The highest BCUT2D eigenvalue weighted by Gasteiger charge is 2.37. The van der Waals surface area contributed by atoms with Gasteiger partial charge in [0.05, 0.1) is 0 Å². The molecule has 0 spiro atoms. The number of piperidine rings is 1. The summed E-state index contributed by atoms with van der Waals surface area (Å²) in [7, 11) is 2.00. The Labute approximate surface area is 134 Å². The summed E-state index contributed by atoms with van der Waals surface area (Å²) in [6.45, 7) is 1.56. The summed E-state index contributed by atoms with van der Waals surface area (Å²) < 4.78 is 0. The monoisotopic (exact) mass is 306 g/mol. The Morgan fingerprint density at radius 1 is 0.818 bits per heavy atom. The Morgan fingerprint density at radius 3 is 1.95 bits per heavy atom. The van der Waals surface area contributed by atoms with Gasteiger partial charge in [-0.1, -0.05) is 25.7 Å². The first-order valence-electron chi connectivity index (χ1n) is 9.22. The molecule has 3 fully saturated rings. The Hall–Kier alpha value is -1.06. The van der Waals surface area contributed by atoms with Crippen molar-refractivity contribution in [1.82, 2.24) is 9.80 Å². The molecule has 3 rings (SSSR count). The average Bonchev–Trinajstić information content (AvgIpc) is 3.39. The van der Waals surface area contributed by atoms with Gasteiger partial charge >= 0.3 is 0 Å². The third kappa shape index (κ3) is 3.64. The highest BCUT2D eigenvalue weighted by Crippen LogP contribution is 2.33. The van der Waals surface area contributed by atoms with Crippen LogP contribution in [-0.2, 0) is 9.59 Å². The van der Waals surface area contributed by atoms with Gasteiger partial charge in [0.25, 0.3) is 0 Å². The van der Waals surface area contributed by atoms with Crippen LogP contribution < -0.4 is 0 Å². The molecule has 0 unspecified atom stereocenters. The summed E-state index contributed by atoms with van der Waals surface area (Å²) in [6.07, 6.45) is 11.4. The van der Waals surface area contributed by atoms with E-state index in [0.29, 0.717) is 23.8 Å². The van der Waals surface area contributed by atoms with Gasteiger partial charge < -0.3 is 9.80 Å². The summed E-state index contributed by atoms with van der Waals surface area (Å²) in [6, 6.07) is 0.445. The van der Waals surface area contributed by atoms with Crippen LogP contribution in [0.5, 0.6) is 0 Å². The van der Waals surface area contributed by atoms with Crippen LogP contribution in [0.25, 0.3) is 0 Å². The molecule has 4 nitrogen and oxygen atoms in total. The van der Waals surface area contributed by atoms with Gasteiger partial charge in [-0.25, -0.2) is 0 Å². The number of likely N-dealkylation sites (tertiary alicyclic amines) is 1. The molecule has 124 valence electrons. The third-order valence-electron chi connectivity index (χ3n) is 5.80. The van der Waals surface area contributed by atoms with Crippen LogP contribution >= 0.6 is 0 Å². The normalized spacial score (nSPS) is 24.9. The fraction of sp³-hybridized carbons (Fsp3) is 0.889. The van der Waals surface area contributed by atoms with Crippen LogP contribution in [0.1, 0.15) is 64.2 Å². The van der Waals surface area contributed by atoms with Gasteiger partial charge in [0.2, 0.25) is 11.8 Å². The molecule has 2 saturated carbocycles. The summed E-state index contributed by atoms with van der Waals surface area (Å²) >= 11 is 0. The van der Waals surface area contributed by atoms with Gasteiger partial charge in [-0.3, -0.25) is 9.59 Å². The van der Waals surface area contributed by atoms with E-state index in [-0.39, 0.29) is 5.92 Å². The Kier molecular flexibility index (Phi) is 5.04. The lowest BCUT2D eigenvalue weighted by Gasteiger charge is -2.35. The smallest absolute Gasteiger partial charge is 0.225 e. The predicted octanol–water partition coefficient (Wildman–Crippen LogP) is 2.82. The molecule has 0 aromatic carbocycles. The lowest BCUT2D eigenvalue weighted by atomic mass is 9.94. The Morgan fingerprint density at radius 2 is 1.41 bits per heavy atom. The van der Waals surface area contributed by atoms with Crippen LogP contribution in [0.2, 0.25) is 0 Å². The van der Waals surface area contributed by atoms with E-state index >= 15 is 0 Å². The van der Waals surface area contributed by atoms with Crippen molar-refractivity contribution in [3.8, 4) is 0 Å². The van der Waals surface area contributed by atoms with Crippen LogP contribution in [0.3, 0.4) is 0 Å². The molecule has 1 aliphatic heterocycles. The second-order valence-corrected chi connectivity index (χ2v) is 7.47. The Bertz CT molecular complexity index is 403. The van der Waals surface area contributed by atoms with E-state index in [1.807, 2.05) is 16.8 Å². The van der Waals surface area contributed by atoms with E-state index in [1.165, 1.54) is 38.5 Å². The van der Waals surface area contributed by atoms with E-state index in [1.54, 1.807) is 0 Å². The summed E-state index contributed by atoms with van der Waals surface area (Å²) in [5.74, 6) is 1.10. The third-order valence-corrected chi connectivity index (χ3v) is 5.80.